The molecule has 4 aromatic carbocycles. The van der Waals surface area contributed by atoms with E-state index in [0.717, 1.165) is 72.6 Å². The monoisotopic (exact) mass is 735 g/mol. The number of furan rings is 1. The predicted molar refractivity (Wildman–Crippen MR) is 168 cm³/mol. The van der Waals surface area contributed by atoms with Crippen LogP contribution in [0.15, 0.2) is 126 Å². The van der Waals surface area contributed by atoms with Crippen molar-refractivity contribution in [3.05, 3.63) is 145 Å². The van der Waals surface area contributed by atoms with E-state index in [-0.39, 0.29) is 20.1 Å². The molecule has 0 unspecified atom stereocenters. The van der Waals surface area contributed by atoms with Gasteiger partial charge in [-0.05, 0) is 42.9 Å². The molecule has 0 aliphatic heterocycles. The van der Waals surface area contributed by atoms with E-state index in [9.17, 15) is 0 Å². The Morgan fingerprint density at radius 2 is 1.58 bits per heavy atom. The average molecular weight is 735 g/mol. The van der Waals surface area contributed by atoms with E-state index in [0.29, 0.717) is 0 Å². The van der Waals surface area contributed by atoms with Crippen LogP contribution in [0.3, 0.4) is 0 Å². The van der Waals surface area contributed by atoms with Gasteiger partial charge in [0, 0.05) is 43.1 Å². The fraction of sp³-hybridized carbons (Fsp3) is 0.0541. The van der Waals surface area contributed by atoms with E-state index in [1.807, 2.05) is 98.0 Å². The minimum Gasteiger partial charge on any atom is -0.501 e. The molecule has 1 radical (unpaired) electrons. The summed E-state index contributed by atoms with van der Waals surface area (Å²) in [5, 5.41) is 2.22. The summed E-state index contributed by atoms with van der Waals surface area (Å²) in [6.07, 6.45) is 3.62. The van der Waals surface area contributed by atoms with E-state index < -0.39 is 0 Å². The van der Waals surface area contributed by atoms with Gasteiger partial charge in [0.25, 0.3) is 0 Å². The molecule has 0 atom stereocenters. The first-order valence-electron chi connectivity index (χ1n) is 13.8. The molecule has 6 heteroatoms. The second-order valence-corrected chi connectivity index (χ2v) is 10.1. The second-order valence-electron chi connectivity index (χ2n) is 10.1. The van der Waals surface area contributed by atoms with Crippen LogP contribution in [-0.2, 0) is 20.1 Å². The van der Waals surface area contributed by atoms with Crippen molar-refractivity contribution in [2.45, 2.75) is 13.8 Å². The van der Waals surface area contributed by atoms with Gasteiger partial charge in [-0.3, -0.25) is 9.97 Å². The summed E-state index contributed by atoms with van der Waals surface area (Å²) < 4.78 is 8.49. The predicted octanol–water partition coefficient (Wildman–Crippen LogP) is 8.95. The summed E-state index contributed by atoms with van der Waals surface area (Å²) in [7, 11) is 0. The van der Waals surface area contributed by atoms with Gasteiger partial charge in [0.1, 0.15) is 5.58 Å². The molecular formula is C37H26IrN4O-2. The number of para-hydroxylation sites is 2. The van der Waals surface area contributed by atoms with Gasteiger partial charge < -0.3 is 14.0 Å². The number of hydrogen-bond acceptors (Lipinski definition) is 4. The molecule has 0 bridgehead atoms. The molecule has 4 aromatic heterocycles. The molecule has 43 heavy (non-hydrogen) atoms. The number of imidazole rings is 1. The van der Waals surface area contributed by atoms with Crippen LogP contribution in [0, 0.1) is 26.0 Å². The fourth-order valence-electron chi connectivity index (χ4n) is 5.26. The zero-order valence-corrected chi connectivity index (χ0v) is 26.0. The number of aromatic nitrogens is 4. The Labute approximate surface area is 263 Å². The van der Waals surface area contributed by atoms with Crippen molar-refractivity contribution in [2.24, 2.45) is 0 Å². The molecule has 4 heterocycles. The van der Waals surface area contributed by atoms with Gasteiger partial charge >= 0.3 is 0 Å². The summed E-state index contributed by atoms with van der Waals surface area (Å²) in [6.45, 7) is 4.09. The van der Waals surface area contributed by atoms with Gasteiger partial charge in [-0.25, -0.2) is 0 Å². The maximum atomic E-state index is 6.33. The third kappa shape index (κ3) is 5.39. The van der Waals surface area contributed by atoms with Crippen LogP contribution in [0.4, 0.5) is 0 Å². The summed E-state index contributed by atoms with van der Waals surface area (Å²) in [5.41, 5.74) is 9.54. The largest absolute Gasteiger partial charge is 0.501 e. The van der Waals surface area contributed by atoms with Gasteiger partial charge in [-0.1, -0.05) is 66.4 Å². The Kier molecular flexibility index (Phi) is 7.97. The zero-order valence-electron chi connectivity index (χ0n) is 23.6. The molecule has 5 nitrogen and oxygen atoms in total. The summed E-state index contributed by atoms with van der Waals surface area (Å²) >= 11 is 0. The number of nitrogens with zero attached hydrogens (tertiary/aromatic N) is 4. The Morgan fingerprint density at radius 3 is 2.37 bits per heavy atom. The molecule has 0 aliphatic carbocycles. The summed E-state index contributed by atoms with van der Waals surface area (Å²) in [4.78, 5) is 13.6. The normalized spacial score (nSPS) is 10.8. The van der Waals surface area contributed by atoms with Crippen molar-refractivity contribution in [3.63, 3.8) is 0 Å². The third-order valence-corrected chi connectivity index (χ3v) is 7.22. The summed E-state index contributed by atoms with van der Waals surface area (Å²) in [5.74, 6) is 0.799. The maximum Gasteiger partial charge on any atom is 0.120 e. The standard InChI is InChI=1S/C26H18N3O.C11H8N.Ir/c1-16-12-13-20(25-24(16)19-10-6-7-11-23(19)30-25)26-28-21-15-27-17(2)14-22(21)29(26)18-8-4-3-5-9-18;1-2-6-10(7-3-1)11-8-4-5-9-12-11;/h3-12,14-15H,1-2H3;1-6,8-9H;/q2*-1;. The van der Waals surface area contributed by atoms with E-state index in [2.05, 4.69) is 57.9 Å². The minimum absolute atomic E-state index is 0. The Hall–Kier alpha value is -4.90. The van der Waals surface area contributed by atoms with Crippen LogP contribution in [-0.4, -0.2) is 19.5 Å². The molecule has 211 valence electrons. The quantitative estimate of drug-likeness (QED) is 0.170. The first kappa shape index (κ1) is 28.2. The van der Waals surface area contributed by atoms with Crippen LogP contribution in [0.1, 0.15) is 11.3 Å². The molecule has 0 aliphatic rings. The molecule has 0 saturated carbocycles. The zero-order chi connectivity index (χ0) is 28.5. The number of hydrogen-bond donors (Lipinski definition) is 0. The van der Waals surface area contributed by atoms with E-state index in [1.165, 1.54) is 0 Å². The first-order valence-corrected chi connectivity index (χ1v) is 13.8. The number of rotatable bonds is 3. The van der Waals surface area contributed by atoms with Crippen LogP contribution in [0.2, 0.25) is 0 Å². The fourth-order valence-corrected chi connectivity index (χ4v) is 5.26. The van der Waals surface area contributed by atoms with Crippen LogP contribution in [0.25, 0.3) is 61.3 Å². The van der Waals surface area contributed by atoms with Crippen LogP contribution >= 0.6 is 0 Å². The Balaban J connectivity index is 0.000000213. The van der Waals surface area contributed by atoms with E-state index in [4.69, 9.17) is 9.40 Å². The van der Waals surface area contributed by atoms with Gasteiger partial charge in [-0.2, -0.15) is 0 Å². The number of benzene rings is 4. The second kappa shape index (κ2) is 12.1. The van der Waals surface area contributed by atoms with Crippen LogP contribution in [0.5, 0.6) is 0 Å². The number of aryl methyl sites for hydroxylation is 2. The van der Waals surface area contributed by atoms with Crippen molar-refractivity contribution >= 4 is 33.0 Å². The smallest absolute Gasteiger partial charge is 0.120 e. The topological polar surface area (TPSA) is 56.7 Å². The molecule has 0 fully saturated rings. The van der Waals surface area contributed by atoms with Gasteiger partial charge in [0.2, 0.25) is 0 Å². The molecule has 8 aromatic rings. The number of pyridine rings is 2. The van der Waals surface area contributed by atoms with Crippen LogP contribution < -0.4 is 0 Å². The van der Waals surface area contributed by atoms with E-state index >= 15 is 0 Å². The Morgan fingerprint density at radius 1 is 0.791 bits per heavy atom. The first-order chi connectivity index (χ1) is 20.7. The molecular weight excluding hydrogens is 709 g/mol. The Bertz CT molecular complexity index is 2120. The van der Waals surface area contributed by atoms with Crippen molar-refractivity contribution in [1.82, 2.24) is 19.5 Å². The third-order valence-electron chi connectivity index (χ3n) is 7.22. The maximum absolute atomic E-state index is 6.33. The van der Waals surface area contributed by atoms with Crippen molar-refractivity contribution < 1.29 is 24.5 Å². The van der Waals surface area contributed by atoms with E-state index in [1.54, 1.807) is 6.20 Å². The molecule has 0 amide bonds. The van der Waals surface area contributed by atoms with Gasteiger partial charge in [0.15, 0.2) is 0 Å². The number of fused-ring (bicyclic) bond motifs is 4. The molecule has 0 spiro atoms. The SMILES string of the molecule is Cc1cc2c(cn1)nc(-c1[c-]cc(C)c3c1oc1ccccc13)n2-c1ccccc1.[Ir].[c-]1ccccc1-c1ccccn1. The van der Waals surface area contributed by atoms with Crippen molar-refractivity contribution in [1.29, 1.82) is 0 Å². The summed E-state index contributed by atoms with van der Waals surface area (Å²) in [6, 6.07) is 42.8. The average Bonchev–Trinajstić information content (AvgIpc) is 3.62. The molecule has 8 rings (SSSR count). The van der Waals surface area contributed by atoms with Crippen molar-refractivity contribution in [2.75, 3.05) is 0 Å². The van der Waals surface area contributed by atoms with Crippen molar-refractivity contribution in [3.8, 4) is 28.3 Å². The molecule has 0 saturated heterocycles. The minimum atomic E-state index is 0. The van der Waals surface area contributed by atoms with Gasteiger partial charge in [0.05, 0.1) is 28.6 Å². The van der Waals surface area contributed by atoms with Gasteiger partial charge in [-0.15, -0.1) is 53.6 Å². The molecule has 0 N–H and O–H groups in total.